The van der Waals surface area contributed by atoms with Crippen molar-refractivity contribution >= 4 is 44.6 Å². The SMILES string of the molecule is Nc1cc([N+](=O)[O-])cc(NCc2sccc2Br)n1. The van der Waals surface area contributed by atoms with Gasteiger partial charge < -0.3 is 11.1 Å². The summed E-state index contributed by atoms with van der Waals surface area (Å²) < 4.78 is 0.999. The smallest absolute Gasteiger partial charge is 0.276 e. The molecule has 0 saturated heterocycles. The maximum absolute atomic E-state index is 10.7. The predicted octanol–water partition coefficient (Wildman–Crippen LogP) is 3.01. The minimum Gasteiger partial charge on any atom is -0.383 e. The average Bonchev–Trinajstić information content (AvgIpc) is 2.71. The number of nitrogens with zero attached hydrogens (tertiary/aromatic N) is 2. The van der Waals surface area contributed by atoms with Gasteiger partial charge in [0.05, 0.1) is 23.6 Å². The van der Waals surface area contributed by atoms with Crippen molar-refractivity contribution in [2.75, 3.05) is 11.1 Å². The van der Waals surface area contributed by atoms with E-state index in [0.29, 0.717) is 12.4 Å². The fraction of sp³-hybridized carbons (Fsp3) is 0.100. The molecule has 2 aromatic rings. The lowest BCUT2D eigenvalue weighted by Gasteiger charge is -2.05. The number of nitrogens with one attached hydrogen (secondary N) is 1. The lowest BCUT2D eigenvalue weighted by molar-refractivity contribution is -0.384. The van der Waals surface area contributed by atoms with Gasteiger partial charge in [0.1, 0.15) is 11.6 Å². The van der Waals surface area contributed by atoms with Crippen molar-refractivity contribution in [1.29, 1.82) is 0 Å². The van der Waals surface area contributed by atoms with Crippen molar-refractivity contribution in [1.82, 2.24) is 4.98 Å². The first kappa shape index (κ1) is 12.8. The van der Waals surface area contributed by atoms with Crippen LogP contribution in [0.4, 0.5) is 17.3 Å². The lowest BCUT2D eigenvalue weighted by Crippen LogP contribution is -2.03. The van der Waals surface area contributed by atoms with E-state index in [-0.39, 0.29) is 11.5 Å². The molecule has 6 nitrogen and oxygen atoms in total. The monoisotopic (exact) mass is 328 g/mol. The zero-order chi connectivity index (χ0) is 13.1. The number of hydrogen-bond acceptors (Lipinski definition) is 6. The van der Waals surface area contributed by atoms with Crippen LogP contribution in [0.2, 0.25) is 0 Å². The van der Waals surface area contributed by atoms with Gasteiger partial charge in [0.25, 0.3) is 5.69 Å². The quantitative estimate of drug-likeness (QED) is 0.664. The number of nitrogen functional groups attached to an aromatic ring is 1. The molecule has 0 spiro atoms. The molecule has 94 valence electrons. The summed E-state index contributed by atoms with van der Waals surface area (Å²) in [6.07, 6.45) is 0. The van der Waals surface area contributed by atoms with Crippen LogP contribution in [-0.2, 0) is 6.54 Å². The van der Waals surface area contributed by atoms with Crippen LogP contribution >= 0.6 is 27.3 Å². The van der Waals surface area contributed by atoms with Gasteiger partial charge >= 0.3 is 0 Å². The Bertz CT molecular complexity index is 587. The Morgan fingerprint density at radius 2 is 2.33 bits per heavy atom. The number of thiophene rings is 1. The third-order valence-electron chi connectivity index (χ3n) is 2.16. The third-order valence-corrected chi connectivity index (χ3v) is 4.09. The molecule has 0 atom stereocenters. The van der Waals surface area contributed by atoms with E-state index in [1.165, 1.54) is 12.1 Å². The average molecular weight is 329 g/mol. The number of pyridine rings is 1. The summed E-state index contributed by atoms with van der Waals surface area (Å²) >= 11 is 4.99. The van der Waals surface area contributed by atoms with E-state index in [4.69, 9.17) is 5.73 Å². The minimum atomic E-state index is -0.496. The molecule has 0 saturated carbocycles. The lowest BCUT2D eigenvalue weighted by atomic mass is 10.3. The Kier molecular flexibility index (Phi) is 3.78. The first-order chi connectivity index (χ1) is 8.56. The number of anilines is 2. The summed E-state index contributed by atoms with van der Waals surface area (Å²) in [7, 11) is 0. The molecule has 8 heteroatoms. The molecule has 0 fully saturated rings. The van der Waals surface area contributed by atoms with E-state index in [1.54, 1.807) is 11.3 Å². The fourth-order valence-corrected chi connectivity index (χ4v) is 2.79. The molecule has 2 rings (SSSR count). The molecule has 0 bridgehead atoms. The van der Waals surface area contributed by atoms with Crippen molar-refractivity contribution in [2.45, 2.75) is 6.54 Å². The Balaban J connectivity index is 2.14. The van der Waals surface area contributed by atoms with Gasteiger partial charge in [-0.05, 0) is 27.4 Å². The van der Waals surface area contributed by atoms with Crippen LogP contribution < -0.4 is 11.1 Å². The largest absolute Gasteiger partial charge is 0.383 e. The summed E-state index contributed by atoms with van der Waals surface area (Å²) in [6.45, 7) is 0.534. The Morgan fingerprint density at radius 3 is 2.94 bits per heavy atom. The van der Waals surface area contributed by atoms with Crippen molar-refractivity contribution in [2.24, 2.45) is 0 Å². The number of rotatable bonds is 4. The van der Waals surface area contributed by atoms with Crippen LogP contribution in [0.1, 0.15) is 4.88 Å². The van der Waals surface area contributed by atoms with Crippen molar-refractivity contribution < 1.29 is 4.92 Å². The number of nitrogens with two attached hydrogens (primary N) is 1. The van der Waals surface area contributed by atoms with Gasteiger partial charge in [-0.25, -0.2) is 4.98 Å². The van der Waals surface area contributed by atoms with E-state index in [2.05, 4.69) is 26.2 Å². The maximum atomic E-state index is 10.7. The molecular weight excluding hydrogens is 320 g/mol. The van der Waals surface area contributed by atoms with Gasteiger partial charge in [0.2, 0.25) is 0 Å². The van der Waals surface area contributed by atoms with Gasteiger partial charge in [0, 0.05) is 9.35 Å². The number of halogens is 1. The van der Waals surface area contributed by atoms with Gasteiger partial charge in [-0.15, -0.1) is 11.3 Å². The summed E-state index contributed by atoms with van der Waals surface area (Å²) in [5.41, 5.74) is 5.44. The summed E-state index contributed by atoms with van der Waals surface area (Å²) in [5, 5.41) is 15.6. The molecule has 0 aromatic carbocycles. The maximum Gasteiger partial charge on any atom is 0.276 e. The molecule has 0 amide bonds. The third kappa shape index (κ3) is 2.96. The number of nitro groups is 1. The molecule has 0 unspecified atom stereocenters. The molecular formula is C10H9BrN4O2S. The fourth-order valence-electron chi connectivity index (χ4n) is 1.35. The Labute approximate surface area is 115 Å². The molecule has 0 aliphatic carbocycles. The van der Waals surface area contributed by atoms with Gasteiger partial charge in [-0.1, -0.05) is 0 Å². The van der Waals surface area contributed by atoms with Crippen molar-refractivity contribution in [3.8, 4) is 0 Å². The normalized spacial score (nSPS) is 10.3. The second-order valence-corrected chi connectivity index (χ2v) is 5.29. The molecule has 18 heavy (non-hydrogen) atoms. The Morgan fingerprint density at radius 1 is 1.56 bits per heavy atom. The number of aromatic nitrogens is 1. The first-order valence-electron chi connectivity index (χ1n) is 4.94. The van der Waals surface area contributed by atoms with Crippen LogP contribution in [0.15, 0.2) is 28.1 Å². The van der Waals surface area contributed by atoms with E-state index in [1.807, 2.05) is 11.4 Å². The van der Waals surface area contributed by atoms with Crippen molar-refractivity contribution in [3.63, 3.8) is 0 Å². The molecule has 0 aliphatic rings. The number of hydrogen-bond donors (Lipinski definition) is 2. The van der Waals surface area contributed by atoms with Crippen LogP contribution in [0, 0.1) is 10.1 Å². The van der Waals surface area contributed by atoms with Crippen LogP contribution in [-0.4, -0.2) is 9.91 Å². The highest BCUT2D eigenvalue weighted by Gasteiger charge is 2.10. The molecule has 2 heterocycles. The van der Waals surface area contributed by atoms with Crippen LogP contribution in [0.25, 0.3) is 0 Å². The highest BCUT2D eigenvalue weighted by Crippen LogP contribution is 2.24. The first-order valence-corrected chi connectivity index (χ1v) is 6.61. The minimum absolute atomic E-state index is 0.0738. The van der Waals surface area contributed by atoms with Gasteiger partial charge in [0.15, 0.2) is 0 Å². The van der Waals surface area contributed by atoms with Crippen molar-refractivity contribution in [3.05, 3.63) is 43.0 Å². The predicted molar refractivity (Wildman–Crippen MR) is 74.6 cm³/mol. The topological polar surface area (TPSA) is 94.1 Å². The highest BCUT2D eigenvalue weighted by molar-refractivity contribution is 9.10. The molecule has 0 radical (unpaired) electrons. The standard InChI is InChI=1S/C10H9BrN4O2S/c11-7-1-2-18-8(7)5-13-10-4-6(15(16)17)3-9(12)14-10/h1-4H,5H2,(H3,12,13,14). The van der Waals surface area contributed by atoms with E-state index >= 15 is 0 Å². The van der Waals surface area contributed by atoms with Crippen LogP contribution in [0.3, 0.4) is 0 Å². The van der Waals surface area contributed by atoms with Crippen LogP contribution in [0.5, 0.6) is 0 Å². The summed E-state index contributed by atoms with van der Waals surface area (Å²) in [4.78, 5) is 15.3. The summed E-state index contributed by atoms with van der Waals surface area (Å²) in [6, 6.07) is 4.53. The van der Waals surface area contributed by atoms with E-state index in [9.17, 15) is 10.1 Å². The molecule has 3 N–H and O–H groups in total. The Hall–Kier alpha value is -1.67. The van der Waals surface area contributed by atoms with E-state index < -0.39 is 4.92 Å². The zero-order valence-electron chi connectivity index (χ0n) is 9.09. The second kappa shape index (κ2) is 5.32. The molecule has 2 aromatic heterocycles. The highest BCUT2D eigenvalue weighted by atomic mass is 79.9. The molecule has 0 aliphatic heterocycles. The second-order valence-electron chi connectivity index (χ2n) is 3.44. The summed E-state index contributed by atoms with van der Waals surface area (Å²) in [5.74, 6) is 0.513. The van der Waals surface area contributed by atoms with Gasteiger partial charge in [-0.2, -0.15) is 0 Å². The zero-order valence-corrected chi connectivity index (χ0v) is 11.5. The van der Waals surface area contributed by atoms with E-state index in [0.717, 1.165) is 9.35 Å². The van der Waals surface area contributed by atoms with Gasteiger partial charge in [-0.3, -0.25) is 10.1 Å².